The van der Waals surface area contributed by atoms with E-state index in [2.05, 4.69) is 5.32 Å². The summed E-state index contributed by atoms with van der Waals surface area (Å²) in [6, 6.07) is 7.79. The molecule has 0 radical (unpaired) electrons. The molecule has 0 aromatic heterocycles. The lowest BCUT2D eigenvalue weighted by molar-refractivity contribution is -0.156. The number of benzene rings is 1. The Hall–Kier alpha value is -1.92. The predicted molar refractivity (Wildman–Crippen MR) is 74.7 cm³/mol. The molecule has 2 unspecified atom stereocenters. The SMILES string of the molecule is CC(O)(CNC(=O)CC1OCCc2ccccc21)C(=O)O. The second-order valence-electron chi connectivity index (χ2n) is 5.37. The van der Waals surface area contributed by atoms with Crippen molar-refractivity contribution < 1.29 is 24.5 Å². The van der Waals surface area contributed by atoms with Crippen molar-refractivity contribution in [3.05, 3.63) is 35.4 Å². The molecule has 3 N–H and O–H groups in total. The number of rotatable bonds is 5. The quantitative estimate of drug-likeness (QED) is 0.740. The minimum Gasteiger partial charge on any atom is -0.479 e. The van der Waals surface area contributed by atoms with Gasteiger partial charge in [0.15, 0.2) is 5.60 Å². The maximum atomic E-state index is 11.9. The Bertz CT molecular complexity index is 541. The number of carbonyl (C=O) groups is 2. The lowest BCUT2D eigenvalue weighted by Gasteiger charge is -2.26. The Labute approximate surface area is 122 Å². The molecule has 21 heavy (non-hydrogen) atoms. The van der Waals surface area contributed by atoms with E-state index in [-0.39, 0.29) is 25.0 Å². The Balaban J connectivity index is 1.94. The minimum absolute atomic E-state index is 0.104. The van der Waals surface area contributed by atoms with Crippen molar-refractivity contribution in [2.45, 2.75) is 31.5 Å². The number of carboxylic acids is 1. The third kappa shape index (κ3) is 3.80. The first kappa shape index (κ1) is 15.5. The van der Waals surface area contributed by atoms with Crippen LogP contribution >= 0.6 is 0 Å². The van der Waals surface area contributed by atoms with E-state index in [1.165, 1.54) is 5.56 Å². The first-order valence-electron chi connectivity index (χ1n) is 6.82. The average Bonchev–Trinajstić information content (AvgIpc) is 2.45. The van der Waals surface area contributed by atoms with Crippen LogP contribution in [0.25, 0.3) is 0 Å². The summed E-state index contributed by atoms with van der Waals surface area (Å²) in [4.78, 5) is 22.7. The smallest absolute Gasteiger partial charge is 0.337 e. The van der Waals surface area contributed by atoms with Gasteiger partial charge >= 0.3 is 5.97 Å². The van der Waals surface area contributed by atoms with E-state index in [1.807, 2.05) is 24.3 Å². The highest BCUT2D eigenvalue weighted by atomic mass is 16.5. The molecule has 6 heteroatoms. The van der Waals surface area contributed by atoms with Crippen molar-refractivity contribution >= 4 is 11.9 Å². The van der Waals surface area contributed by atoms with E-state index in [4.69, 9.17) is 9.84 Å². The highest BCUT2D eigenvalue weighted by Gasteiger charge is 2.31. The fraction of sp³-hybridized carbons (Fsp3) is 0.467. The van der Waals surface area contributed by atoms with Crippen LogP contribution < -0.4 is 5.32 Å². The molecule has 0 fully saturated rings. The van der Waals surface area contributed by atoms with Crippen molar-refractivity contribution in [3.8, 4) is 0 Å². The minimum atomic E-state index is -1.97. The van der Waals surface area contributed by atoms with E-state index in [9.17, 15) is 14.7 Å². The topological polar surface area (TPSA) is 95.9 Å². The summed E-state index contributed by atoms with van der Waals surface area (Å²) < 4.78 is 5.61. The molecule has 2 atom stereocenters. The van der Waals surface area contributed by atoms with Gasteiger partial charge in [0.05, 0.1) is 25.7 Å². The Morgan fingerprint density at radius 3 is 2.86 bits per heavy atom. The van der Waals surface area contributed by atoms with E-state index in [0.29, 0.717) is 6.61 Å². The molecule has 1 aromatic rings. The normalized spacial score (nSPS) is 20.2. The lowest BCUT2D eigenvalue weighted by atomic mass is 9.95. The number of hydrogen-bond acceptors (Lipinski definition) is 4. The number of aliphatic carboxylic acids is 1. The van der Waals surface area contributed by atoms with Crippen molar-refractivity contribution in [1.29, 1.82) is 0 Å². The van der Waals surface area contributed by atoms with Crippen LogP contribution in [0.3, 0.4) is 0 Å². The van der Waals surface area contributed by atoms with Crippen molar-refractivity contribution in [2.75, 3.05) is 13.2 Å². The zero-order valence-corrected chi connectivity index (χ0v) is 11.8. The third-order valence-electron chi connectivity index (χ3n) is 3.55. The second-order valence-corrected chi connectivity index (χ2v) is 5.37. The van der Waals surface area contributed by atoms with Gasteiger partial charge in [0.2, 0.25) is 5.91 Å². The summed E-state index contributed by atoms with van der Waals surface area (Å²) in [6.45, 7) is 1.36. The van der Waals surface area contributed by atoms with Gasteiger partial charge in [-0.1, -0.05) is 24.3 Å². The summed E-state index contributed by atoms with van der Waals surface area (Å²) in [5.41, 5.74) is 0.184. The molecular weight excluding hydrogens is 274 g/mol. The van der Waals surface area contributed by atoms with E-state index in [0.717, 1.165) is 18.9 Å². The molecule has 1 aliphatic rings. The maximum Gasteiger partial charge on any atom is 0.337 e. The zero-order valence-electron chi connectivity index (χ0n) is 11.8. The molecule has 0 saturated carbocycles. The summed E-state index contributed by atoms with van der Waals surface area (Å²) in [7, 11) is 0. The summed E-state index contributed by atoms with van der Waals surface area (Å²) in [6.07, 6.45) is 0.596. The fourth-order valence-electron chi connectivity index (χ4n) is 2.23. The van der Waals surface area contributed by atoms with E-state index >= 15 is 0 Å². The average molecular weight is 293 g/mol. The molecular formula is C15H19NO5. The van der Waals surface area contributed by atoms with Gasteiger partial charge in [0.1, 0.15) is 0 Å². The molecule has 6 nitrogen and oxygen atoms in total. The van der Waals surface area contributed by atoms with Crippen LogP contribution in [-0.4, -0.2) is 40.8 Å². The number of aliphatic hydroxyl groups is 1. The highest BCUT2D eigenvalue weighted by Crippen LogP contribution is 2.29. The first-order valence-corrected chi connectivity index (χ1v) is 6.82. The molecule has 0 aliphatic carbocycles. The molecule has 1 heterocycles. The lowest BCUT2D eigenvalue weighted by Crippen LogP contribution is -2.46. The summed E-state index contributed by atoms with van der Waals surface area (Å²) >= 11 is 0. The third-order valence-corrected chi connectivity index (χ3v) is 3.55. The van der Waals surface area contributed by atoms with Crippen LogP contribution in [0.5, 0.6) is 0 Å². The number of hydrogen-bond donors (Lipinski definition) is 3. The highest BCUT2D eigenvalue weighted by molar-refractivity contribution is 5.80. The van der Waals surface area contributed by atoms with Gasteiger partial charge in [-0.05, 0) is 24.5 Å². The molecule has 0 saturated heterocycles. The number of amides is 1. The largest absolute Gasteiger partial charge is 0.479 e. The Kier molecular flexibility index (Phi) is 4.59. The number of ether oxygens (including phenoxy) is 1. The zero-order chi connectivity index (χ0) is 15.5. The number of carbonyl (C=O) groups excluding carboxylic acids is 1. The second kappa shape index (κ2) is 6.24. The fourth-order valence-corrected chi connectivity index (χ4v) is 2.23. The Morgan fingerprint density at radius 1 is 1.43 bits per heavy atom. The van der Waals surface area contributed by atoms with Gasteiger partial charge in [-0.25, -0.2) is 4.79 Å². The van der Waals surface area contributed by atoms with Crippen LogP contribution in [0.4, 0.5) is 0 Å². The Morgan fingerprint density at radius 2 is 2.14 bits per heavy atom. The van der Waals surface area contributed by atoms with Gasteiger partial charge in [0.25, 0.3) is 0 Å². The number of nitrogens with one attached hydrogen (secondary N) is 1. The van der Waals surface area contributed by atoms with Crippen LogP contribution in [0.1, 0.15) is 30.6 Å². The van der Waals surface area contributed by atoms with Crippen LogP contribution in [0.15, 0.2) is 24.3 Å². The maximum absolute atomic E-state index is 11.9. The van der Waals surface area contributed by atoms with E-state index in [1.54, 1.807) is 0 Å². The molecule has 1 amide bonds. The molecule has 2 rings (SSSR count). The standard InChI is InChI=1S/C15H19NO5/c1-15(20,14(18)19)9-16-13(17)8-12-11-5-3-2-4-10(11)6-7-21-12/h2-5,12,20H,6-9H2,1H3,(H,16,17)(H,18,19). The van der Waals surface area contributed by atoms with Gasteiger partial charge in [-0.15, -0.1) is 0 Å². The van der Waals surface area contributed by atoms with Gasteiger partial charge in [-0.2, -0.15) is 0 Å². The van der Waals surface area contributed by atoms with Crippen LogP contribution in [0.2, 0.25) is 0 Å². The van der Waals surface area contributed by atoms with Crippen LogP contribution in [-0.2, 0) is 20.7 Å². The monoisotopic (exact) mass is 293 g/mol. The first-order chi connectivity index (χ1) is 9.90. The van der Waals surface area contributed by atoms with E-state index < -0.39 is 11.6 Å². The number of fused-ring (bicyclic) bond motifs is 1. The van der Waals surface area contributed by atoms with Crippen molar-refractivity contribution in [1.82, 2.24) is 5.32 Å². The van der Waals surface area contributed by atoms with Crippen molar-refractivity contribution in [3.63, 3.8) is 0 Å². The molecule has 0 bridgehead atoms. The van der Waals surface area contributed by atoms with Crippen molar-refractivity contribution in [2.24, 2.45) is 0 Å². The van der Waals surface area contributed by atoms with Gasteiger partial charge in [-0.3, -0.25) is 4.79 Å². The summed E-state index contributed by atoms with van der Waals surface area (Å²) in [5, 5.41) is 20.8. The molecule has 1 aliphatic heterocycles. The molecule has 114 valence electrons. The number of carboxylic acid groups (broad SMARTS) is 1. The summed E-state index contributed by atoms with van der Waals surface area (Å²) in [5.74, 6) is -1.72. The molecule has 0 spiro atoms. The van der Waals surface area contributed by atoms with Gasteiger partial charge in [0, 0.05) is 0 Å². The predicted octanol–water partition coefficient (Wildman–Crippen LogP) is 0.642. The van der Waals surface area contributed by atoms with Gasteiger partial charge < -0.3 is 20.3 Å². The van der Waals surface area contributed by atoms with Crippen LogP contribution in [0, 0.1) is 0 Å². The molecule has 1 aromatic carbocycles.